The average molecular weight is 371 g/mol. The zero-order valence-electron chi connectivity index (χ0n) is 14.5. The summed E-state index contributed by atoms with van der Waals surface area (Å²) >= 11 is 0. The number of aromatic nitrogens is 1. The number of nitro benzene ring substituents is 1. The molecule has 0 aliphatic heterocycles. The average Bonchev–Trinajstić information content (AvgIpc) is 2.92. The molecule has 0 spiro atoms. The van der Waals surface area contributed by atoms with Gasteiger partial charge in [0.15, 0.2) is 5.58 Å². The van der Waals surface area contributed by atoms with Crippen LogP contribution >= 0.6 is 0 Å². The second-order valence-corrected chi connectivity index (χ2v) is 6.10. The third-order valence-corrected chi connectivity index (χ3v) is 4.08. The number of hydrogen-bond donors (Lipinski definition) is 2. The van der Waals surface area contributed by atoms with Gasteiger partial charge in [-0.05, 0) is 37.1 Å². The topological polar surface area (TPSA) is 128 Å². The fourth-order valence-electron chi connectivity index (χ4n) is 2.74. The minimum atomic E-state index is -0.637. The Labute approximate surface area is 153 Å². The van der Waals surface area contributed by atoms with Crippen LogP contribution in [0.1, 0.15) is 18.4 Å². The lowest BCUT2D eigenvalue weighted by molar-refractivity contribution is -0.384. The van der Waals surface area contributed by atoms with Gasteiger partial charge < -0.3 is 14.8 Å². The van der Waals surface area contributed by atoms with Gasteiger partial charge >= 0.3 is 5.76 Å². The number of nitrogens with one attached hydrogen (secondary N) is 1. The third-order valence-electron chi connectivity index (χ3n) is 4.08. The van der Waals surface area contributed by atoms with E-state index in [-0.39, 0.29) is 35.9 Å². The number of fused-ring (bicyclic) bond motifs is 1. The summed E-state index contributed by atoms with van der Waals surface area (Å²) in [6.07, 6.45) is 0.476. The number of rotatable bonds is 6. The van der Waals surface area contributed by atoms with Crippen LogP contribution in [0.5, 0.6) is 5.75 Å². The number of nitro groups is 1. The molecule has 2 aromatic carbocycles. The molecule has 140 valence electrons. The Morgan fingerprint density at radius 2 is 2.07 bits per heavy atom. The maximum Gasteiger partial charge on any atom is 0.419 e. The van der Waals surface area contributed by atoms with Crippen LogP contribution in [0.2, 0.25) is 0 Å². The highest BCUT2D eigenvalue weighted by molar-refractivity contribution is 5.92. The monoisotopic (exact) mass is 371 g/mol. The minimum absolute atomic E-state index is 0.0120. The number of phenols is 1. The Kier molecular flexibility index (Phi) is 4.93. The Morgan fingerprint density at radius 1 is 1.30 bits per heavy atom. The highest BCUT2D eigenvalue weighted by Crippen LogP contribution is 2.24. The lowest BCUT2D eigenvalue weighted by Crippen LogP contribution is -2.17. The Bertz CT molecular complexity index is 1080. The molecule has 0 bridgehead atoms. The molecular formula is C18H17N3O6. The van der Waals surface area contributed by atoms with E-state index >= 15 is 0 Å². The summed E-state index contributed by atoms with van der Waals surface area (Å²) in [5.41, 5.74) is 1.59. The molecule has 0 saturated carbocycles. The zero-order chi connectivity index (χ0) is 19.6. The van der Waals surface area contributed by atoms with Gasteiger partial charge in [0.1, 0.15) is 5.75 Å². The van der Waals surface area contributed by atoms with E-state index in [1.807, 2.05) is 6.92 Å². The van der Waals surface area contributed by atoms with Crippen LogP contribution in [0.3, 0.4) is 0 Å². The first-order valence-corrected chi connectivity index (χ1v) is 8.22. The summed E-state index contributed by atoms with van der Waals surface area (Å²) in [5, 5.41) is 23.2. The van der Waals surface area contributed by atoms with Crippen LogP contribution in [0.15, 0.2) is 45.6 Å². The lowest BCUT2D eigenvalue weighted by atomic mass is 10.2. The maximum absolute atomic E-state index is 12.0. The number of anilines is 1. The van der Waals surface area contributed by atoms with Gasteiger partial charge in [0.2, 0.25) is 5.91 Å². The van der Waals surface area contributed by atoms with E-state index < -0.39 is 10.7 Å². The molecule has 1 aromatic heterocycles. The van der Waals surface area contributed by atoms with E-state index in [2.05, 4.69) is 5.32 Å². The van der Waals surface area contributed by atoms with Crippen molar-refractivity contribution in [2.45, 2.75) is 26.3 Å². The van der Waals surface area contributed by atoms with Crippen molar-refractivity contribution in [3.63, 3.8) is 0 Å². The third kappa shape index (κ3) is 3.97. The molecule has 2 N–H and O–H groups in total. The van der Waals surface area contributed by atoms with E-state index in [0.717, 1.165) is 5.56 Å². The number of oxazole rings is 1. The number of carbonyl (C=O) groups is 1. The van der Waals surface area contributed by atoms with Gasteiger partial charge in [-0.15, -0.1) is 0 Å². The van der Waals surface area contributed by atoms with Crippen LogP contribution in [0, 0.1) is 17.0 Å². The highest BCUT2D eigenvalue weighted by atomic mass is 16.6. The summed E-state index contributed by atoms with van der Waals surface area (Å²) in [6.45, 7) is 2.05. The Balaban J connectivity index is 1.65. The van der Waals surface area contributed by atoms with Crippen LogP contribution in [0.25, 0.3) is 11.1 Å². The normalized spacial score (nSPS) is 10.9. The van der Waals surface area contributed by atoms with Crippen molar-refractivity contribution in [1.82, 2.24) is 4.57 Å². The van der Waals surface area contributed by atoms with Gasteiger partial charge in [0, 0.05) is 19.0 Å². The minimum Gasteiger partial charge on any atom is -0.506 e. The number of non-ortho nitro benzene ring substituents is 1. The molecule has 0 saturated heterocycles. The molecule has 0 aliphatic rings. The number of amides is 1. The molecule has 1 heterocycles. The maximum atomic E-state index is 12.0. The van der Waals surface area contributed by atoms with Crippen molar-refractivity contribution in [2.75, 3.05) is 5.32 Å². The Morgan fingerprint density at radius 3 is 2.78 bits per heavy atom. The standard InChI is InChI=1S/C18H17N3O6/c1-11-4-6-13(15(22)9-11)19-17(23)3-2-8-20-14-7-5-12(21(25)26)10-16(14)27-18(20)24/h4-7,9-10,22H,2-3,8H2,1H3,(H,19,23). The number of aryl methyl sites for hydroxylation is 2. The molecule has 0 atom stereocenters. The van der Waals surface area contributed by atoms with Crippen LogP contribution in [-0.4, -0.2) is 20.5 Å². The van der Waals surface area contributed by atoms with Gasteiger partial charge in [-0.25, -0.2) is 4.79 Å². The summed E-state index contributed by atoms with van der Waals surface area (Å²) in [7, 11) is 0. The fourth-order valence-corrected chi connectivity index (χ4v) is 2.74. The highest BCUT2D eigenvalue weighted by Gasteiger charge is 2.14. The van der Waals surface area contributed by atoms with Gasteiger partial charge in [-0.2, -0.15) is 0 Å². The molecule has 9 heteroatoms. The smallest absolute Gasteiger partial charge is 0.419 e. The molecular weight excluding hydrogens is 354 g/mol. The fraction of sp³-hybridized carbons (Fsp3) is 0.222. The van der Waals surface area contributed by atoms with Crippen molar-refractivity contribution >= 4 is 28.4 Å². The quantitative estimate of drug-likeness (QED) is 0.389. The van der Waals surface area contributed by atoms with Crippen molar-refractivity contribution in [3.05, 3.63) is 62.6 Å². The Hall–Kier alpha value is -3.62. The molecule has 9 nitrogen and oxygen atoms in total. The predicted molar refractivity (Wildman–Crippen MR) is 97.8 cm³/mol. The largest absolute Gasteiger partial charge is 0.506 e. The van der Waals surface area contributed by atoms with E-state index in [4.69, 9.17) is 4.42 Å². The number of aromatic hydroxyl groups is 1. The van der Waals surface area contributed by atoms with E-state index in [1.165, 1.54) is 22.8 Å². The lowest BCUT2D eigenvalue weighted by Gasteiger charge is -2.08. The van der Waals surface area contributed by atoms with Gasteiger partial charge in [-0.3, -0.25) is 19.5 Å². The summed E-state index contributed by atoms with van der Waals surface area (Å²) < 4.78 is 6.37. The molecule has 0 unspecified atom stereocenters. The van der Waals surface area contributed by atoms with Gasteiger partial charge in [0.25, 0.3) is 5.69 Å². The number of phenolic OH excluding ortho intramolecular Hbond substituents is 1. The first-order chi connectivity index (χ1) is 12.8. The van der Waals surface area contributed by atoms with E-state index in [1.54, 1.807) is 18.2 Å². The van der Waals surface area contributed by atoms with Crippen LogP contribution in [0.4, 0.5) is 11.4 Å². The van der Waals surface area contributed by atoms with Gasteiger partial charge in [-0.1, -0.05) is 6.07 Å². The summed E-state index contributed by atoms with van der Waals surface area (Å²) in [5.74, 6) is -0.949. The predicted octanol–water partition coefficient (Wildman–Crippen LogP) is 2.94. The van der Waals surface area contributed by atoms with Crippen molar-refractivity contribution in [1.29, 1.82) is 0 Å². The molecule has 0 radical (unpaired) electrons. The number of carbonyl (C=O) groups excluding carboxylic acids is 1. The number of benzene rings is 2. The first kappa shape index (κ1) is 18.2. The first-order valence-electron chi connectivity index (χ1n) is 8.22. The van der Waals surface area contributed by atoms with Crippen LogP contribution < -0.4 is 11.1 Å². The zero-order valence-corrected chi connectivity index (χ0v) is 14.5. The molecule has 0 aliphatic carbocycles. The number of nitrogens with zero attached hydrogens (tertiary/aromatic N) is 2. The summed E-state index contributed by atoms with van der Waals surface area (Å²) in [4.78, 5) is 34.2. The van der Waals surface area contributed by atoms with E-state index in [9.17, 15) is 24.8 Å². The van der Waals surface area contributed by atoms with Gasteiger partial charge in [0.05, 0.1) is 22.2 Å². The van der Waals surface area contributed by atoms with Crippen molar-refractivity contribution in [2.24, 2.45) is 0 Å². The second kappa shape index (κ2) is 7.32. The summed E-state index contributed by atoms with van der Waals surface area (Å²) in [6, 6.07) is 8.87. The molecule has 27 heavy (non-hydrogen) atoms. The van der Waals surface area contributed by atoms with Crippen molar-refractivity contribution < 1.29 is 19.2 Å². The van der Waals surface area contributed by atoms with Crippen LogP contribution in [-0.2, 0) is 11.3 Å². The number of hydrogen-bond acceptors (Lipinski definition) is 6. The molecule has 3 aromatic rings. The van der Waals surface area contributed by atoms with E-state index in [0.29, 0.717) is 17.6 Å². The van der Waals surface area contributed by atoms with Crippen molar-refractivity contribution in [3.8, 4) is 5.75 Å². The molecule has 0 fully saturated rings. The second-order valence-electron chi connectivity index (χ2n) is 6.10. The molecule has 1 amide bonds. The molecule has 3 rings (SSSR count). The SMILES string of the molecule is Cc1ccc(NC(=O)CCCn2c(=O)oc3cc([N+](=O)[O-])ccc32)c(O)c1.